The second-order valence-corrected chi connectivity index (χ2v) is 3.94. The molecule has 0 spiro atoms. The summed E-state index contributed by atoms with van der Waals surface area (Å²) < 4.78 is 5.21. The number of carbonyl (C=O) groups excluding carboxylic acids is 2. The van der Waals surface area contributed by atoms with Crippen molar-refractivity contribution in [3.05, 3.63) is 11.6 Å². The second-order valence-electron chi connectivity index (χ2n) is 3.94. The molecule has 0 aromatic rings. The fraction of sp³-hybridized carbons (Fsp3) is 0.636. The Balaban J connectivity index is 2.81. The van der Waals surface area contributed by atoms with E-state index < -0.39 is 6.23 Å². The van der Waals surface area contributed by atoms with Crippen LogP contribution in [0.4, 0.5) is 0 Å². The first-order valence-electron chi connectivity index (χ1n) is 5.15. The van der Waals surface area contributed by atoms with Gasteiger partial charge in [0, 0.05) is 19.5 Å². The van der Waals surface area contributed by atoms with Gasteiger partial charge >= 0.3 is 5.97 Å². The molecule has 1 aliphatic heterocycles. The molecule has 1 atom stereocenters. The maximum absolute atomic E-state index is 11.4. The predicted molar refractivity (Wildman–Crippen MR) is 55.9 cm³/mol. The van der Waals surface area contributed by atoms with Gasteiger partial charge < -0.3 is 9.64 Å². The Morgan fingerprint density at radius 3 is 2.67 bits per heavy atom. The molecule has 4 nitrogen and oxygen atoms in total. The van der Waals surface area contributed by atoms with Crippen LogP contribution in [-0.2, 0) is 14.3 Å². The molecule has 0 aromatic heterocycles. The summed E-state index contributed by atoms with van der Waals surface area (Å²) in [6.07, 6.45) is 1.37. The van der Waals surface area contributed by atoms with Crippen molar-refractivity contribution in [1.82, 2.24) is 4.90 Å². The summed E-state index contributed by atoms with van der Waals surface area (Å²) in [5, 5.41) is 0. The molecular formula is C11H17NO3. The lowest BCUT2D eigenvalue weighted by atomic mass is 10.0. The van der Waals surface area contributed by atoms with Crippen LogP contribution in [0.1, 0.15) is 27.2 Å². The van der Waals surface area contributed by atoms with Crippen molar-refractivity contribution in [2.75, 3.05) is 7.05 Å². The van der Waals surface area contributed by atoms with Gasteiger partial charge in [-0.1, -0.05) is 20.8 Å². The zero-order valence-corrected chi connectivity index (χ0v) is 9.61. The molecule has 1 unspecified atom stereocenters. The first kappa shape index (κ1) is 11.8. The molecule has 0 bridgehead atoms. The van der Waals surface area contributed by atoms with Gasteiger partial charge in [0.05, 0.1) is 0 Å². The lowest BCUT2D eigenvalue weighted by Crippen LogP contribution is -2.36. The zero-order valence-electron chi connectivity index (χ0n) is 9.61. The number of hydrogen-bond donors (Lipinski definition) is 0. The molecule has 1 rings (SSSR count). The highest BCUT2D eigenvalue weighted by molar-refractivity contribution is 5.91. The normalized spacial score (nSPS) is 20.9. The number of likely N-dealkylation sites (N-methyl/N-ethyl adjacent to an activating group) is 1. The monoisotopic (exact) mass is 211 g/mol. The summed E-state index contributed by atoms with van der Waals surface area (Å²) in [6, 6.07) is 0. The fourth-order valence-corrected chi connectivity index (χ4v) is 1.46. The smallest absolute Gasteiger partial charge is 0.307 e. The van der Waals surface area contributed by atoms with Crippen molar-refractivity contribution in [2.45, 2.75) is 33.4 Å². The van der Waals surface area contributed by atoms with Gasteiger partial charge in [-0.2, -0.15) is 0 Å². The van der Waals surface area contributed by atoms with Crippen LogP contribution in [0.25, 0.3) is 0 Å². The van der Waals surface area contributed by atoms with Crippen molar-refractivity contribution in [2.24, 2.45) is 5.92 Å². The highest BCUT2D eigenvalue weighted by atomic mass is 16.6. The van der Waals surface area contributed by atoms with E-state index in [-0.39, 0.29) is 17.8 Å². The average molecular weight is 211 g/mol. The van der Waals surface area contributed by atoms with Gasteiger partial charge in [-0.3, -0.25) is 9.59 Å². The van der Waals surface area contributed by atoms with Gasteiger partial charge in [0.15, 0.2) is 0 Å². The molecule has 84 valence electrons. The van der Waals surface area contributed by atoms with Crippen LogP contribution < -0.4 is 0 Å². The van der Waals surface area contributed by atoms with Crippen LogP contribution in [0.3, 0.4) is 0 Å². The Kier molecular flexibility index (Phi) is 3.50. The molecule has 0 saturated heterocycles. The minimum atomic E-state index is -0.509. The molecule has 15 heavy (non-hydrogen) atoms. The van der Waals surface area contributed by atoms with Crippen LogP contribution in [-0.4, -0.2) is 30.1 Å². The quantitative estimate of drug-likeness (QED) is 0.661. The molecule has 1 amide bonds. The maximum Gasteiger partial charge on any atom is 0.307 e. The lowest BCUT2D eigenvalue weighted by molar-refractivity contribution is -0.156. The highest BCUT2D eigenvalue weighted by Crippen LogP contribution is 2.25. The van der Waals surface area contributed by atoms with Crippen LogP contribution in [0.15, 0.2) is 11.6 Å². The molecule has 0 radical (unpaired) electrons. The summed E-state index contributed by atoms with van der Waals surface area (Å²) in [5.74, 6) is -0.186. The molecule has 4 heteroatoms. The zero-order chi connectivity index (χ0) is 11.6. The minimum Gasteiger partial charge on any atom is -0.437 e. The van der Waals surface area contributed by atoms with Crippen molar-refractivity contribution < 1.29 is 14.3 Å². The summed E-state index contributed by atoms with van der Waals surface area (Å²) in [5.41, 5.74) is 0.865. The Bertz CT molecular complexity index is 307. The van der Waals surface area contributed by atoms with Crippen LogP contribution in [0, 0.1) is 5.92 Å². The molecule has 0 fully saturated rings. The highest BCUT2D eigenvalue weighted by Gasteiger charge is 2.33. The standard InChI is InChI=1S/C11H17NO3/c1-5-10(14)15-11-8(7(2)3)6-9(13)12(11)4/h6-7,11H,5H2,1-4H3. The van der Waals surface area contributed by atoms with E-state index in [1.807, 2.05) is 13.8 Å². The molecule has 0 aromatic carbocycles. The molecular weight excluding hydrogens is 194 g/mol. The number of hydrogen-bond acceptors (Lipinski definition) is 3. The summed E-state index contributed by atoms with van der Waals surface area (Å²) in [7, 11) is 1.64. The third-order valence-corrected chi connectivity index (χ3v) is 2.47. The summed E-state index contributed by atoms with van der Waals surface area (Å²) >= 11 is 0. The number of ether oxygens (including phenoxy) is 1. The largest absolute Gasteiger partial charge is 0.437 e. The molecule has 0 saturated carbocycles. The molecule has 0 N–H and O–H groups in total. The van der Waals surface area contributed by atoms with Crippen molar-refractivity contribution >= 4 is 11.9 Å². The fourth-order valence-electron chi connectivity index (χ4n) is 1.46. The van der Waals surface area contributed by atoms with Crippen LogP contribution in [0.5, 0.6) is 0 Å². The van der Waals surface area contributed by atoms with Gasteiger partial charge in [0.1, 0.15) is 0 Å². The Hall–Kier alpha value is -1.32. The van der Waals surface area contributed by atoms with E-state index in [2.05, 4.69) is 0 Å². The first-order valence-corrected chi connectivity index (χ1v) is 5.15. The van der Waals surface area contributed by atoms with Gasteiger partial charge in [0.2, 0.25) is 12.1 Å². The van der Waals surface area contributed by atoms with Crippen molar-refractivity contribution in [3.63, 3.8) is 0 Å². The van der Waals surface area contributed by atoms with Gasteiger partial charge in [-0.15, -0.1) is 0 Å². The summed E-state index contributed by atoms with van der Waals surface area (Å²) in [4.78, 5) is 24.1. The SMILES string of the molecule is CCC(=O)OC1C(C(C)C)=CC(=O)N1C. The van der Waals surface area contributed by atoms with E-state index in [1.165, 1.54) is 4.90 Å². The second kappa shape index (κ2) is 4.47. The maximum atomic E-state index is 11.4. The number of carbonyl (C=O) groups is 2. The number of amides is 1. The molecule has 1 aliphatic rings. The first-order chi connectivity index (χ1) is 6.97. The molecule has 0 aliphatic carbocycles. The Morgan fingerprint density at radius 1 is 1.60 bits per heavy atom. The van der Waals surface area contributed by atoms with Crippen molar-refractivity contribution in [1.29, 1.82) is 0 Å². The van der Waals surface area contributed by atoms with Crippen molar-refractivity contribution in [3.8, 4) is 0 Å². The predicted octanol–water partition coefficient (Wildman–Crippen LogP) is 1.32. The summed E-state index contributed by atoms with van der Waals surface area (Å²) in [6.45, 7) is 5.69. The van der Waals surface area contributed by atoms with E-state index in [0.717, 1.165) is 5.57 Å². The average Bonchev–Trinajstić information content (AvgIpc) is 2.46. The van der Waals surface area contributed by atoms with Gasteiger partial charge in [0.25, 0.3) is 0 Å². The minimum absolute atomic E-state index is 0.104. The topological polar surface area (TPSA) is 46.6 Å². The van der Waals surface area contributed by atoms with E-state index in [4.69, 9.17) is 4.74 Å². The third kappa shape index (κ3) is 2.37. The molecule has 1 heterocycles. The van der Waals surface area contributed by atoms with Crippen LogP contribution in [0.2, 0.25) is 0 Å². The lowest BCUT2D eigenvalue weighted by Gasteiger charge is -2.24. The van der Waals surface area contributed by atoms with Gasteiger partial charge in [-0.05, 0) is 11.5 Å². The Morgan fingerprint density at radius 2 is 2.20 bits per heavy atom. The number of nitrogens with zero attached hydrogens (tertiary/aromatic N) is 1. The van der Waals surface area contributed by atoms with Gasteiger partial charge in [-0.25, -0.2) is 0 Å². The van der Waals surface area contributed by atoms with E-state index >= 15 is 0 Å². The van der Waals surface area contributed by atoms with E-state index in [1.54, 1.807) is 20.0 Å². The Labute approximate surface area is 89.9 Å². The van der Waals surface area contributed by atoms with Crippen LogP contribution >= 0.6 is 0 Å². The number of esters is 1. The van der Waals surface area contributed by atoms with E-state index in [0.29, 0.717) is 6.42 Å². The third-order valence-electron chi connectivity index (χ3n) is 2.47. The van der Waals surface area contributed by atoms with E-state index in [9.17, 15) is 9.59 Å². The number of rotatable bonds is 3.